The van der Waals surface area contributed by atoms with E-state index in [9.17, 15) is 8.42 Å². The van der Waals surface area contributed by atoms with Crippen molar-refractivity contribution >= 4 is 20.6 Å². The van der Waals surface area contributed by atoms with Crippen LogP contribution < -0.4 is 4.90 Å². The molecule has 1 fully saturated rings. The molecule has 3 rings (SSSR count). The first-order valence-corrected chi connectivity index (χ1v) is 10.1. The molecule has 26 heavy (non-hydrogen) atoms. The lowest BCUT2D eigenvalue weighted by atomic mass is 10.1. The normalized spacial score (nSPS) is 16.5. The fourth-order valence-corrected chi connectivity index (χ4v) is 4.48. The molecule has 2 aromatic rings. The second-order valence-corrected chi connectivity index (χ2v) is 8.23. The summed E-state index contributed by atoms with van der Waals surface area (Å²) >= 11 is 0. The van der Waals surface area contributed by atoms with Crippen LogP contribution in [-0.4, -0.2) is 46.1 Å². The molecule has 0 bridgehead atoms. The lowest BCUT2D eigenvalue weighted by Crippen LogP contribution is -2.41. The first kappa shape index (κ1) is 18.6. The molecule has 0 radical (unpaired) electrons. The van der Waals surface area contributed by atoms with Crippen molar-refractivity contribution in [1.82, 2.24) is 4.31 Å². The smallest absolute Gasteiger partial charge is 0.245 e. The van der Waals surface area contributed by atoms with Gasteiger partial charge in [-0.3, -0.25) is 0 Å². The number of nitrogens with zero attached hydrogens (tertiary/aromatic N) is 2. The quantitative estimate of drug-likeness (QED) is 0.809. The Hall–Kier alpha value is -2.15. The third kappa shape index (κ3) is 4.15. The molecule has 0 aromatic heterocycles. The summed E-state index contributed by atoms with van der Waals surface area (Å²) in [7, 11) is -1.76. The molecule has 138 valence electrons. The van der Waals surface area contributed by atoms with E-state index in [1.54, 1.807) is 6.20 Å². The van der Waals surface area contributed by atoms with E-state index in [2.05, 4.69) is 0 Å². The first-order chi connectivity index (χ1) is 12.5. The number of hydrogen-bond donors (Lipinski definition) is 0. The largest absolute Gasteiger partial charge is 0.379 e. The van der Waals surface area contributed by atoms with Gasteiger partial charge >= 0.3 is 0 Å². The third-order valence-electron chi connectivity index (χ3n) is 4.40. The maximum atomic E-state index is 13.3. The Kier molecular flexibility index (Phi) is 5.76. The number of rotatable bonds is 5. The maximum Gasteiger partial charge on any atom is 0.245 e. The van der Waals surface area contributed by atoms with Gasteiger partial charge in [0.1, 0.15) is 4.91 Å². The molecule has 0 amide bonds. The molecule has 1 saturated heterocycles. The fraction of sp³-hybridized carbons (Fsp3) is 0.300. The number of sulfonamides is 1. The highest BCUT2D eigenvalue weighted by Crippen LogP contribution is 2.27. The molecule has 0 spiro atoms. The number of aryl methyl sites for hydroxylation is 1. The molecule has 6 heteroatoms. The monoisotopic (exact) mass is 372 g/mol. The molecule has 0 N–H and O–H groups in total. The molecule has 0 unspecified atom stereocenters. The van der Waals surface area contributed by atoms with Crippen molar-refractivity contribution in [2.75, 3.05) is 38.3 Å². The third-order valence-corrected chi connectivity index (χ3v) is 6.34. The number of hydrogen-bond acceptors (Lipinski definition) is 4. The van der Waals surface area contributed by atoms with Crippen LogP contribution in [0.5, 0.6) is 0 Å². The van der Waals surface area contributed by atoms with Gasteiger partial charge in [-0.25, -0.2) is 8.42 Å². The molecule has 1 heterocycles. The Morgan fingerprint density at radius 2 is 1.65 bits per heavy atom. The second kappa shape index (κ2) is 8.03. The Morgan fingerprint density at radius 3 is 2.27 bits per heavy atom. The van der Waals surface area contributed by atoms with Crippen molar-refractivity contribution in [2.45, 2.75) is 6.92 Å². The molecule has 5 nitrogen and oxygen atoms in total. The first-order valence-electron chi connectivity index (χ1n) is 8.63. The lowest BCUT2D eigenvalue weighted by Gasteiger charge is -2.28. The number of benzene rings is 2. The van der Waals surface area contributed by atoms with E-state index >= 15 is 0 Å². The van der Waals surface area contributed by atoms with Crippen LogP contribution in [0, 0.1) is 6.92 Å². The van der Waals surface area contributed by atoms with Gasteiger partial charge < -0.3 is 9.64 Å². The zero-order valence-corrected chi connectivity index (χ0v) is 15.9. The van der Waals surface area contributed by atoms with Crippen LogP contribution in [0.25, 0.3) is 4.91 Å². The summed E-state index contributed by atoms with van der Waals surface area (Å²) in [5.41, 5.74) is 2.70. The summed E-state index contributed by atoms with van der Waals surface area (Å²) in [4.78, 5) is 2.14. The molecule has 2 aromatic carbocycles. The Balaban J connectivity index is 2.04. The van der Waals surface area contributed by atoms with E-state index in [1.165, 1.54) is 4.31 Å². The van der Waals surface area contributed by atoms with Gasteiger partial charge in [0.15, 0.2) is 0 Å². The molecule has 1 aliphatic rings. The van der Waals surface area contributed by atoms with E-state index in [0.717, 1.165) is 11.3 Å². The van der Waals surface area contributed by atoms with E-state index < -0.39 is 10.0 Å². The highest BCUT2D eigenvalue weighted by molar-refractivity contribution is 7.98. The van der Waals surface area contributed by atoms with Crippen LogP contribution in [0.1, 0.15) is 11.1 Å². The predicted octanol–water partition coefficient (Wildman–Crippen LogP) is 3.09. The van der Waals surface area contributed by atoms with Crippen molar-refractivity contribution in [3.05, 3.63) is 71.9 Å². The van der Waals surface area contributed by atoms with Crippen LogP contribution in [0.2, 0.25) is 0 Å². The van der Waals surface area contributed by atoms with Gasteiger partial charge in [0.25, 0.3) is 0 Å². The standard InChI is InChI=1S/C20H24N2O3S/c1-17-8-10-18(11-9-17)20(16-21(2)19-6-4-3-5-7-19)26(23,24)22-12-14-25-15-13-22/h3-11,16H,12-15H2,1-2H3/b20-16-. The van der Waals surface area contributed by atoms with Crippen LogP contribution in [-0.2, 0) is 14.8 Å². The van der Waals surface area contributed by atoms with Crippen molar-refractivity contribution in [3.63, 3.8) is 0 Å². The van der Waals surface area contributed by atoms with E-state index in [0.29, 0.717) is 36.8 Å². The average molecular weight is 372 g/mol. The van der Waals surface area contributed by atoms with Gasteiger partial charge in [-0.2, -0.15) is 4.31 Å². The fourth-order valence-electron chi connectivity index (χ4n) is 2.85. The zero-order valence-electron chi connectivity index (χ0n) is 15.1. The zero-order chi connectivity index (χ0) is 18.6. The average Bonchev–Trinajstić information content (AvgIpc) is 2.68. The van der Waals surface area contributed by atoms with Crippen LogP contribution in [0.15, 0.2) is 60.8 Å². The van der Waals surface area contributed by atoms with Crippen LogP contribution >= 0.6 is 0 Å². The van der Waals surface area contributed by atoms with E-state index in [1.807, 2.05) is 73.5 Å². The Morgan fingerprint density at radius 1 is 1.04 bits per heavy atom. The van der Waals surface area contributed by atoms with Crippen molar-refractivity contribution in [3.8, 4) is 0 Å². The van der Waals surface area contributed by atoms with Crippen LogP contribution in [0.3, 0.4) is 0 Å². The lowest BCUT2D eigenvalue weighted by molar-refractivity contribution is 0.0737. The predicted molar refractivity (Wildman–Crippen MR) is 105 cm³/mol. The van der Waals surface area contributed by atoms with Crippen molar-refractivity contribution in [2.24, 2.45) is 0 Å². The summed E-state index contributed by atoms with van der Waals surface area (Å²) in [5.74, 6) is 0. The minimum absolute atomic E-state index is 0.297. The molecule has 1 aliphatic heterocycles. The van der Waals surface area contributed by atoms with Crippen molar-refractivity contribution < 1.29 is 13.2 Å². The summed E-state index contributed by atoms with van der Waals surface area (Å²) < 4.78 is 33.4. The summed E-state index contributed by atoms with van der Waals surface area (Å²) in [5, 5.41) is 0. The molecule has 0 saturated carbocycles. The summed E-state index contributed by atoms with van der Waals surface area (Å²) in [6.45, 7) is 3.59. The number of anilines is 1. The SMILES string of the molecule is Cc1ccc(/C(=C/N(C)c2ccccc2)S(=O)(=O)N2CCOCC2)cc1. The molecule has 0 aliphatic carbocycles. The Bertz CT molecular complexity index is 856. The van der Waals surface area contributed by atoms with E-state index in [4.69, 9.17) is 4.74 Å². The van der Waals surface area contributed by atoms with E-state index in [-0.39, 0.29) is 0 Å². The summed E-state index contributed by atoms with van der Waals surface area (Å²) in [6, 6.07) is 17.3. The van der Waals surface area contributed by atoms with Gasteiger partial charge in [-0.05, 0) is 24.6 Å². The van der Waals surface area contributed by atoms with Crippen molar-refractivity contribution in [1.29, 1.82) is 0 Å². The second-order valence-electron chi connectivity index (χ2n) is 6.32. The number of morpholine rings is 1. The van der Waals surface area contributed by atoms with Crippen LogP contribution in [0.4, 0.5) is 5.69 Å². The summed E-state index contributed by atoms with van der Waals surface area (Å²) in [6.07, 6.45) is 1.70. The highest BCUT2D eigenvalue weighted by atomic mass is 32.2. The number of ether oxygens (including phenoxy) is 1. The van der Waals surface area contributed by atoms with Gasteiger partial charge in [0.2, 0.25) is 10.0 Å². The Labute approximate surface area is 155 Å². The van der Waals surface area contributed by atoms with Gasteiger partial charge in [-0.15, -0.1) is 0 Å². The highest BCUT2D eigenvalue weighted by Gasteiger charge is 2.29. The molecule has 0 atom stereocenters. The van der Waals surface area contributed by atoms with Gasteiger partial charge in [-0.1, -0.05) is 48.0 Å². The van der Waals surface area contributed by atoms with Gasteiger partial charge in [0.05, 0.1) is 13.2 Å². The molecular weight excluding hydrogens is 348 g/mol. The van der Waals surface area contributed by atoms with Gasteiger partial charge in [0, 0.05) is 32.0 Å². The minimum atomic E-state index is -3.62. The number of para-hydroxylation sites is 1. The molecular formula is C20H24N2O3S. The topological polar surface area (TPSA) is 49.9 Å². The minimum Gasteiger partial charge on any atom is -0.379 e. The maximum absolute atomic E-state index is 13.3.